The van der Waals surface area contributed by atoms with Crippen molar-refractivity contribution in [1.29, 1.82) is 0 Å². The number of carbonyl (C=O) groups excluding carboxylic acids is 1. The summed E-state index contributed by atoms with van der Waals surface area (Å²) in [6, 6.07) is 1.56. The molecule has 19 heavy (non-hydrogen) atoms. The van der Waals surface area contributed by atoms with Crippen LogP contribution in [0, 0.1) is 6.92 Å². The first-order valence-electron chi connectivity index (χ1n) is 5.86. The van der Waals surface area contributed by atoms with Gasteiger partial charge in [0.2, 0.25) is 17.6 Å². The quantitative estimate of drug-likeness (QED) is 0.756. The Morgan fingerprint density at radius 2 is 2.32 bits per heavy atom. The zero-order valence-corrected chi connectivity index (χ0v) is 10.3. The topological polar surface area (TPSA) is 106 Å². The lowest BCUT2D eigenvalue weighted by molar-refractivity contribution is -0.121. The van der Waals surface area contributed by atoms with Crippen LogP contribution < -0.4 is 10.6 Å². The minimum absolute atomic E-state index is 0.0394. The highest BCUT2D eigenvalue weighted by molar-refractivity contribution is 5.78. The predicted octanol–water partition coefficient (Wildman–Crippen LogP) is -0.404. The normalized spacial score (nSPS) is 19.2. The number of nitrogens with one attached hydrogen (secondary N) is 2. The molecular formula is C11H12N6O2. The zero-order chi connectivity index (χ0) is 13.2. The van der Waals surface area contributed by atoms with E-state index in [1.54, 1.807) is 19.2 Å². The van der Waals surface area contributed by atoms with Crippen LogP contribution in [0.4, 0.5) is 0 Å². The summed E-state index contributed by atoms with van der Waals surface area (Å²) in [5.41, 5.74) is 0.613. The second kappa shape index (κ2) is 4.73. The Morgan fingerprint density at radius 3 is 3.05 bits per heavy atom. The van der Waals surface area contributed by atoms with Crippen LogP contribution in [0.15, 0.2) is 16.8 Å². The third kappa shape index (κ3) is 2.43. The lowest BCUT2D eigenvalue weighted by Crippen LogP contribution is -2.47. The molecule has 1 atom stereocenters. The number of nitrogens with zero attached hydrogens (tertiary/aromatic N) is 4. The van der Waals surface area contributed by atoms with Gasteiger partial charge in [-0.1, -0.05) is 5.16 Å². The summed E-state index contributed by atoms with van der Waals surface area (Å²) in [6.07, 6.45) is 1.65. The second-order valence-corrected chi connectivity index (χ2v) is 4.18. The van der Waals surface area contributed by atoms with Crippen molar-refractivity contribution in [3.05, 3.63) is 24.0 Å². The van der Waals surface area contributed by atoms with Crippen LogP contribution in [-0.2, 0) is 4.79 Å². The van der Waals surface area contributed by atoms with Gasteiger partial charge in [0.05, 0.1) is 6.54 Å². The van der Waals surface area contributed by atoms with E-state index < -0.39 is 0 Å². The Bertz CT molecular complexity index is 601. The highest BCUT2D eigenvalue weighted by atomic mass is 16.5. The van der Waals surface area contributed by atoms with Crippen molar-refractivity contribution >= 4 is 5.91 Å². The van der Waals surface area contributed by atoms with E-state index in [0.717, 1.165) is 0 Å². The fourth-order valence-electron chi connectivity index (χ4n) is 1.80. The summed E-state index contributed by atoms with van der Waals surface area (Å²) in [6.45, 7) is 2.47. The molecule has 8 heteroatoms. The summed E-state index contributed by atoms with van der Waals surface area (Å²) in [7, 11) is 0. The fraction of sp³-hybridized carbons (Fsp3) is 0.364. The predicted molar refractivity (Wildman–Crippen MR) is 63.8 cm³/mol. The van der Waals surface area contributed by atoms with Crippen LogP contribution in [0.5, 0.6) is 0 Å². The lowest BCUT2D eigenvalue weighted by Gasteiger charge is -2.20. The third-order valence-electron chi connectivity index (χ3n) is 2.76. The Kier molecular flexibility index (Phi) is 2.92. The molecule has 2 N–H and O–H groups in total. The highest BCUT2D eigenvalue weighted by Gasteiger charge is 2.24. The summed E-state index contributed by atoms with van der Waals surface area (Å²) in [4.78, 5) is 23.6. The van der Waals surface area contributed by atoms with Gasteiger partial charge < -0.3 is 9.84 Å². The van der Waals surface area contributed by atoms with Crippen molar-refractivity contribution in [1.82, 2.24) is 30.7 Å². The van der Waals surface area contributed by atoms with E-state index in [1.165, 1.54) is 0 Å². The molecule has 2 aromatic heterocycles. The van der Waals surface area contributed by atoms with E-state index in [2.05, 4.69) is 30.7 Å². The van der Waals surface area contributed by atoms with Gasteiger partial charge in [-0.15, -0.1) is 0 Å². The minimum Gasteiger partial charge on any atom is -0.353 e. The van der Waals surface area contributed by atoms with Gasteiger partial charge >= 0.3 is 0 Å². The van der Waals surface area contributed by atoms with Crippen molar-refractivity contribution in [2.75, 3.05) is 13.1 Å². The average molecular weight is 260 g/mol. The molecule has 1 fully saturated rings. The monoisotopic (exact) mass is 260 g/mol. The Hall–Kier alpha value is -2.35. The van der Waals surface area contributed by atoms with E-state index in [0.29, 0.717) is 29.8 Å². The van der Waals surface area contributed by atoms with Crippen molar-refractivity contribution in [3.8, 4) is 11.5 Å². The van der Waals surface area contributed by atoms with Crippen molar-refractivity contribution in [2.45, 2.75) is 13.0 Å². The minimum atomic E-state index is -0.165. The van der Waals surface area contributed by atoms with Gasteiger partial charge in [0, 0.05) is 12.7 Å². The number of aryl methyl sites for hydroxylation is 1. The number of carbonyl (C=O) groups is 1. The maximum atomic E-state index is 11.0. The standard InChI is InChI=1S/C11H12N6O2/c1-6-12-3-2-7(15-6)10-16-11(19-17-10)8-4-14-9(18)5-13-8/h2-3,8,13H,4-5H2,1H3,(H,14,18). The Morgan fingerprint density at radius 1 is 1.42 bits per heavy atom. The molecule has 0 aromatic carbocycles. The first-order chi connectivity index (χ1) is 9.22. The molecule has 0 saturated carbocycles. The van der Waals surface area contributed by atoms with Gasteiger partial charge in [0.25, 0.3) is 0 Å². The molecule has 1 unspecified atom stereocenters. The van der Waals surface area contributed by atoms with Gasteiger partial charge in [-0.3, -0.25) is 10.1 Å². The van der Waals surface area contributed by atoms with Crippen LogP contribution in [0.2, 0.25) is 0 Å². The van der Waals surface area contributed by atoms with Crippen LogP contribution in [0.25, 0.3) is 11.5 Å². The fourth-order valence-corrected chi connectivity index (χ4v) is 1.80. The van der Waals surface area contributed by atoms with E-state index in [-0.39, 0.29) is 18.5 Å². The smallest absolute Gasteiger partial charge is 0.245 e. The number of piperazine rings is 1. The van der Waals surface area contributed by atoms with Crippen LogP contribution in [0.1, 0.15) is 17.8 Å². The SMILES string of the molecule is Cc1nccc(-c2noc(C3CNC(=O)CN3)n2)n1. The lowest BCUT2D eigenvalue weighted by atomic mass is 10.2. The maximum absolute atomic E-state index is 11.0. The molecule has 1 saturated heterocycles. The highest BCUT2D eigenvalue weighted by Crippen LogP contribution is 2.17. The van der Waals surface area contributed by atoms with Gasteiger partial charge in [-0.2, -0.15) is 4.98 Å². The first-order valence-corrected chi connectivity index (χ1v) is 5.86. The van der Waals surface area contributed by atoms with E-state index in [4.69, 9.17) is 4.52 Å². The van der Waals surface area contributed by atoms with Gasteiger partial charge in [0.1, 0.15) is 17.6 Å². The number of rotatable bonds is 2. The molecule has 0 aliphatic carbocycles. The largest absolute Gasteiger partial charge is 0.353 e. The van der Waals surface area contributed by atoms with Gasteiger partial charge in [-0.05, 0) is 13.0 Å². The van der Waals surface area contributed by atoms with E-state index in [9.17, 15) is 4.79 Å². The van der Waals surface area contributed by atoms with E-state index in [1.807, 2.05) is 0 Å². The molecule has 0 spiro atoms. The molecule has 1 aliphatic heterocycles. The molecule has 1 aliphatic rings. The summed E-state index contributed by atoms with van der Waals surface area (Å²) in [5, 5.41) is 9.65. The second-order valence-electron chi connectivity index (χ2n) is 4.18. The van der Waals surface area contributed by atoms with Crippen LogP contribution in [0.3, 0.4) is 0 Å². The molecule has 3 rings (SSSR count). The molecule has 98 valence electrons. The molecule has 0 radical (unpaired) electrons. The molecule has 8 nitrogen and oxygen atoms in total. The molecule has 2 aromatic rings. The maximum Gasteiger partial charge on any atom is 0.245 e. The molecule has 1 amide bonds. The molecule has 0 bridgehead atoms. The average Bonchev–Trinajstić information content (AvgIpc) is 2.89. The van der Waals surface area contributed by atoms with E-state index >= 15 is 0 Å². The zero-order valence-electron chi connectivity index (χ0n) is 10.3. The Balaban J connectivity index is 1.81. The first kappa shape index (κ1) is 11.7. The van der Waals surface area contributed by atoms with Crippen LogP contribution in [-0.4, -0.2) is 39.1 Å². The number of hydrogen-bond donors (Lipinski definition) is 2. The molecule has 3 heterocycles. The van der Waals surface area contributed by atoms with Gasteiger partial charge in [-0.25, -0.2) is 9.97 Å². The summed E-state index contributed by atoms with van der Waals surface area (Å²) < 4.78 is 5.20. The number of hydrogen-bond acceptors (Lipinski definition) is 7. The van der Waals surface area contributed by atoms with Crippen molar-refractivity contribution in [3.63, 3.8) is 0 Å². The summed E-state index contributed by atoms with van der Waals surface area (Å²) in [5.74, 6) is 1.46. The Labute approximate surface area is 108 Å². The summed E-state index contributed by atoms with van der Waals surface area (Å²) >= 11 is 0. The number of amides is 1. The number of aromatic nitrogens is 4. The van der Waals surface area contributed by atoms with Crippen LogP contribution >= 0.6 is 0 Å². The van der Waals surface area contributed by atoms with Crippen molar-refractivity contribution < 1.29 is 9.32 Å². The third-order valence-corrected chi connectivity index (χ3v) is 2.76. The van der Waals surface area contributed by atoms with Gasteiger partial charge in [0.15, 0.2) is 0 Å². The van der Waals surface area contributed by atoms with Crippen molar-refractivity contribution in [2.24, 2.45) is 0 Å². The molecular weight excluding hydrogens is 248 g/mol.